The maximum absolute atomic E-state index is 11.1. The average molecular weight is 171 g/mol. The van der Waals surface area contributed by atoms with Gasteiger partial charge < -0.3 is 14.7 Å². The summed E-state index contributed by atoms with van der Waals surface area (Å²) in [6.45, 7) is 2.34. The Balaban J connectivity index is 2.08. The number of hydrogen-bond donors (Lipinski definition) is 1. The van der Waals surface area contributed by atoms with E-state index in [4.69, 9.17) is 4.74 Å². The third-order valence-corrected chi connectivity index (χ3v) is 2.66. The first-order valence-electron chi connectivity index (χ1n) is 4.29. The van der Waals surface area contributed by atoms with Crippen LogP contribution in [0.15, 0.2) is 0 Å². The van der Waals surface area contributed by atoms with Gasteiger partial charge in [-0.15, -0.1) is 0 Å². The molecule has 1 amide bonds. The van der Waals surface area contributed by atoms with Crippen molar-refractivity contribution in [2.24, 2.45) is 0 Å². The van der Waals surface area contributed by atoms with Crippen molar-refractivity contribution in [1.29, 1.82) is 0 Å². The zero-order valence-corrected chi connectivity index (χ0v) is 7.06. The Morgan fingerprint density at radius 2 is 2.42 bits per heavy atom. The zero-order valence-electron chi connectivity index (χ0n) is 7.06. The second-order valence-electron chi connectivity index (χ2n) is 3.43. The van der Waals surface area contributed by atoms with Gasteiger partial charge in [0.25, 0.3) is 0 Å². The predicted molar refractivity (Wildman–Crippen MR) is 41.3 cm³/mol. The van der Waals surface area contributed by atoms with Gasteiger partial charge >= 0.3 is 0 Å². The van der Waals surface area contributed by atoms with Crippen LogP contribution >= 0.6 is 0 Å². The molecule has 2 saturated heterocycles. The molecule has 0 spiro atoms. The molecule has 0 aromatic heterocycles. The highest BCUT2D eigenvalue weighted by Gasteiger charge is 2.43. The quantitative estimate of drug-likeness (QED) is 0.545. The third kappa shape index (κ3) is 1.11. The number of nitrogens with zero attached hydrogens (tertiary/aromatic N) is 1. The van der Waals surface area contributed by atoms with Gasteiger partial charge in [-0.05, 0) is 6.42 Å². The molecule has 0 radical (unpaired) electrons. The fourth-order valence-corrected chi connectivity index (χ4v) is 2.12. The lowest BCUT2D eigenvalue weighted by Gasteiger charge is -2.20. The van der Waals surface area contributed by atoms with E-state index >= 15 is 0 Å². The van der Waals surface area contributed by atoms with Crippen LogP contribution in [0.5, 0.6) is 0 Å². The molecule has 1 N–H and O–H groups in total. The van der Waals surface area contributed by atoms with Crippen LogP contribution in [0.4, 0.5) is 0 Å². The van der Waals surface area contributed by atoms with Crippen LogP contribution in [-0.2, 0) is 9.53 Å². The molecule has 0 aliphatic carbocycles. The fraction of sp³-hybridized carbons (Fsp3) is 0.875. The van der Waals surface area contributed by atoms with Gasteiger partial charge in [-0.25, -0.2) is 0 Å². The zero-order chi connectivity index (χ0) is 8.72. The average Bonchev–Trinajstić information content (AvgIpc) is 2.43. The van der Waals surface area contributed by atoms with Gasteiger partial charge in [-0.2, -0.15) is 0 Å². The Hall–Kier alpha value is -0.610. The van der Waals surface area contributed by atoms with E-state index in [1.165, 1.54) is 0 Å². The summed E-state index contributed by atoms with van der Waals surface area (Å²) in [5.74, 6) is 0.0835. The number of carbonyl (C=O) groups is 1. The summed E-state index contributed by atoms with van der Waals surface area (Å²) >= 11 is 0. The topological polar surface area (TPSA) is 49.8 Å². The van der Waals surface area contributed by atoms with E-state index in [2.05, 4.69) is 0 Å². The molecular formula is C8H13NO3. The number of fused-ring (bicyclic) bond motifs is 1. The molecule has 2 fully saturated rings. The highest BCUT2D eigenvalue weighted by atomic mass is 16.6. The van der Waals surface area contributed by atoms with E-state index in [1.54, 1.807) is 11.8 Å². The van der Waals surface area contributed by atoms with Crippen molar-refractivity contribution in [2.45, 2.75) is 38.2 Å². The molecule has 0 bridgehead atoms. The van der Waals surface area contributed by atoms with E-state index in [1.807, 2.05) is 0 Å². The molecule has 2 heterocycles. The molecule has 4 heteroatoms. The van der Waals surface area contributed by atoms with E-state index in [0.717, 1.165) is 13.0 Å². The Morgan fingerprint density at radius 1 is 1.67 bits per heavy atom. The molecule has 12 heavy (non-hydrogen) atoms. The molecule has 3 atom stereocenters. The summed E-state index contributed by atoms with van der Waals surface area (Å²) in [5.41, 5.74) is 0. The van der Waals surface area contributed by atoms with E-state index in [-0.39, 0.29) is 18.1 Å². The number of aliphatic hydroxyl groups excluding tert-OH is 1. The Labute approximate surface area is 71.1 Å². The van der Waals surface area contributed by atoms with Crippen molar-refractivity contribution < 1.29 is 14.6 Å². The summed E-state index contributed by atoms with van der Waals surface area (Å²) in [4.78, 5) is 12.9. The van der Waals surface area contributed by atoms with Crippen LogP contribution < -0.4 is 0 Å². The monoisotopic (exact) mass is 171 g/mol. The number of amides is 1. The highest BCUT2D eigenvalue weighted by Crippen LogP contribution is 2.31. The van der Waals surface area contributed by atoms with Crippen LogP contribution in [0.2, 0.25) is 0 Å². The summed E-state index contributed by atoms with van der Waals surface area (Å²) in [6, 6.07) is 0.123. The second-order valence-corrected chi connectivity index (χ2v) is 3.43. The van der Waals surface area contributed by atoms with Gasteiger partial charge in [-0.1, -0.05) is 0 Å². The Bertz CT molecular complexity index is 206. The maximum Gasteiger partial charge on any atom is 0.219 e. The van der Waals surface area contributed by atoms with Crippen molar-refractivity contribution in [3.8, 4) is 0 Å². The summed E-state index contributed by atoms with van der Waals surface area (Å²) < 4.78 is 5.23. The molecule has 0 aromatic rings. The molecule has 0 aromatic carbocycles. The number of hydrogen-bond acceptors (Lipinski definition) is 3. The summed E-state index contributed by atoms with van der Waals surface area (Å²) in [5, 5.41) is 9.17. The van der Waals surface area contributed by atoms with Gasteiger partial charge in [0.2, 0.25) is 5.91 Å². The SMILES string of the molecule is CC(=O)N1CC[C@H]2O[C@@H](O)C[C@H]21. The van der Waals surface area contributed by atoms with Gasteiger partial charge in [0.05, 0.1) is 12.1 Å². The maximum atomic E-state index is 11.1. The van der Waals surface area contributed by atoms with Crippen molar-refractivity contribution in [2.75, 3.05) is 6.54 Å². The predicted octanol–water partition coefficient (Wildman–Crippen LogP) is -0.286. The summed E-state index contributed by atoms with van der Waals surface area (Å²) in [6.07, 6.45) is 0.844. The number of likely N-dealkylation sites (tertiary alicyclic amines) is 1. The van der Waals surface area contributed by atoms with Crippen LogP contribution in [-0.4, -0.2) is 40.9 Å². The van der Waals surface area contributed by atoms with Crippen LogP contribution in [0.3, 0.4) is 0 Å². The fourth-order valence-electron chi connectivity index (χ4n) is 2.12. The van der Waals surface area contributed by atoms with Crippen LogP contribution in [0.25, 0.3) is 0 Å². The normalized spacial score (nSPS) is 40.2. The lowest BCUT2D eigenvalue weighted by atomic mass is 10.1. The van der Waals surface area contributed by atoms with Crippen molar-refractivity contribution >= 4 is 5.91 Å². The third-order valence-electron chi connectivity index (χ3n) is 2.66. The molecule has 68 valence electrons. The molecule has 2 aliphatic heterocycles. The first-order valence-corrected chi connectivity index (χ1v) is 4.29. The lowest BCUT2D eigenvalue weighted by molar-refractivity contribution is -0.129. The standard InChI is InChI=1S/C8H13NO3/c1-5(10)9-3-2-7-6(9)4-8(11)12-7/h6-8,11H,2-4H2,1H3/t6-,7-,8-/m1/s1. The van der Waals surface area contributed by atoms with Gasteiger partial charge in [-0.3, -0.25) is 4.79 Å². The van der Waals surface area contributed by atoms with Crippen LogP contribution in [0.1, 0.15) is 19.8 Å². The molecular weight excluding hydrogens is 158 g/mol. The molecule has 4 nitrogen and oxygen atoms in total. The largest absolute Gasteiger partial charge is 0.368 e. The molecule has 0 unspecified atom stereocenters. The first kappa shape index (κ1) is 8.01. The van der Waals surface area contributed by atoms with Gasteiger partial charge in [0.1, 0.15) is 0 Å². The van der Waals surface area contributed by atoms with E-state index in [0.29, 0.717) is 6.42 Å². The summed E-state index contributed by atoms with van der Waals surface area (Å²) in [7, 11) is 0. The van der Waals surface area contributed by atoms with Gasteiger partial charge in [0.15, 0.2) is 6.29 Å². The minimum absolute atomic E-state index is 0.0731. The van der Waals surface area contributed by atoms with E-state index < -0.39 is 6.29 Å². The van der Waals surface area contributed by atoms with Gasteiger partial charge in [0, 0.05) is 19.9 Å². The highest BCUT2D eigenvalue weighted by molar-refractivity contribution is 5.74. The number of carbonyl (C=O) groups excluding carboxylic acids is 1. The molecule has 2 rings (SSSR count). The first-order chi connectivity index (χ1) is 5.68. The Kier molecular flexibility index (Phi) is 1.81. The smallest absolute Gasteiger partial charge is 0.219 e. The lowest BCUT2D eigenvalue weighted by Crippen LogP contribution is -2.35. The van der Waals surface area contributed by atoms with Crippen molar-refractivity contribution in [3.63, 3.8) is 0 Å². The van der Waals surface area contributed by atoms with Crippen LogP contribution in [0, 0.1) is 0 Å². The number of aliphatic hydroxyl groups is 1. The second kappa shape index (κ2) is 2.71. The number of ether oxygens (including phenoxy) is 1. The minimum Gasteiger partial charge on any atom is -0.368 e. The molecule has 2 aliphatic rings. The van der Waals surface area contributed by atoms with Crippen molar-refractivity contribution in [1.82, 2.24) is 4.90 Å². The van der Waals surface area contributed by atoms with Crippen molar-refractivity contribution in [3.05, 3.63) is 0 Å². The number of rotatable bonds is 0. The molecule has 0 saturated carbocycles. The van der Waals surface area contributed by atoms with E-state index in [9.17, 15) is 9.90 Å². The Morgan fingerprint density at radius 3 is 3.08 bits per heavy atom. The minimum atomic E-state index is -0.665.